The number of anilines is 1. The second kappa shape index (κ2) is 8.06. The molecule has 0 heterocycles. The predicted octanol–water partition coefficient (Wildman–Crippen LogP) is 3.53. The lowest BCUT2D eigenvalue weighted by Gasteiger charge is -2.26. The summed E-state index contributed by atoms with van der Waals surface area (Å²) in [6, 6.07) is 7.76. The van der Waals surface area contributed by atoms with Crippen LogP contribution in [0, 0.1) is 11.8 Å². The zero-order valence-corrected chi connectivity index (χ0v) is 13.1. The molecule has 1 aliphatic carbocycles. The molecule has 1 amide bonds. The first-order chi connectivity index (χ1) is 10.1. The van der Waals surface area contributed by atoms with E-state index in [1.165, 1.54) is 25.7 Å². The number of nitrogens with one attached hydrogen (secondary N) is 1. The Balaban J connectivity index is 1.61. The third kappa shape index (κ3) is 5.41. The Bertz CT molecular complexity index is 450. The highest BCUT2D eigenvalue weighted by atomic mass is 16.1. The molecule has 0 unspecified atom stereocenters. The van der Waals surface area contributed by atoms with Crippen molar-refractivity contribution in [3.05, 3.63) is 29.8 Å². The van der Waals surface area contributed by atoms with Crippen LogP contribution in [0.1, 0.15) is 51.0 Å². The smallest absolute Gasteiger partial charge is 0.220 e. The Hall–Kier alpha value is -1.51. The second-order valence-electron chi connectivity index (χ2n) is 6.46. The largest absolute Gasteiger partial charge is 0.399 e. The maximum atomic E-state index is 11.9. The quantitative estimate of drug-likeness (QED) is 0.787. The molecule has 3 nitrogen and oxygen atoms in total. The van der Waals surface area contributed by atoms with Gasteiger partial charge in [-0.2, -0.15) is 0 Å². The Kier molecular flexibility index (Phi) is 6.09. The van der Waals surface area contributed by atoms with Gasteiger partial charge in [0.1, 0.15) is 0 Å². The van der Waals surface area contributed by atoms with Crippen molar-refractivity contribution in [2.45, 2.75) is 51.9 Å². The van der Waals surface area contributed by atoms with Crippen molar-refractivity contribution in [2.75, 3.05) is 12.3 Å². The normalized spacial score (nSPS) is 22.0. The third-order valence-corrected chi connectivity index (χ3v) is 4.69. The minimum absolute atomic E-state index is 0.141. The zero-order chi connectivity index (χ0) is 15.1. The van der Waals surface area contributed by atoms with Crippen LogP contribution in [-0.2, 0) is 11.2 Å². The van der Waals surface area contributed by atoms with E-state index in [1.54, 1.807) is 0 Å². The molecule has 0 radical (unpaired) electrons. The SMILES string of the molecule is CC1CCC(CCNC(=O)CCc2ccccc2N)CC1. The number of amides is 1. The summed E-state index contributed by atoms with van der Waals surface area (Å²) in [6.07, 6.45) is 7.74. The van der Waals surface area contributed by atoms with Crippen LogP contribution in [0.2, 0.25) is 0 Å². The first kappa shape index (κ1) is 15.9. The van der Waals surface area contributed by atoms with E-state index in [-0.39, 0.29) is 5.91 Å². The molecule has 1 aliphatic rings. The fourth-order valence-corrected chi connectivity index (χ4v) is 3.13. The number of para-hydroxylation sites is 1. The number of nitrogen functional groups attached to an aromatic ring is 1. The predicted molar refractivity (Wildman–Crippen MR) is 87.9 cm³/mol. The number of benzene rings is 1. The fourth-order valence-electron chi connectivity index (χ4n) is 3.13. The Labute approximate surface area is 128 Å². The van der Waals surface area contributed by atoms with Gasteiger partial charge in [-0.05, 0) is 36.3 Å². The van der Waals surface area contributed by atoms with Crippen molar-refractivity contribution in [1.82, 2.24) is 5.32 Å². The van der Waals surface area contributed by atoms with E-state index in [9.17, 15) is 4.79 Å². The molecule has 21 heavy (non-hydrogen) atoms. The van der Waals surface area contributed by atoms with Gasteiger partial charge in [-0.1, -0.05) is 50.8 Å². The Morgan fingerprint density at radius 3 is 2.67 bits per heavy atom. The van der Waals surface area contributed by atoms with Crippen molar-refractivity contribution < 1.29 is 4.79 Å². The summed E-state index contributed by atoms with van der Waals surface area (Å²) in [5.41, 5.74) is 7.73. The van der Waals surface area contributed by atoms with Crippen molar-refractivity contribution >= 4 is 11.6 Å². The number of aryl methyl sites for hydroxylation is 1. The number of carbonyl (C=O) groups is 1. The van der Waals surface area contributed by atoms with Crippen LogP contribution in [0.3, 0.4) is 0 Å². The highest BCUT2D eigenvalue weighted by Gasteiger charge is 2.17. The van der Waals surface area contributed by atoms with Gasteiger partial charge in [0, 0.05) is 18.7 Å². The summed E-state index contributed by atoms with van der Waals surface area (Å²) in [6.45, 7) is 3.16. The van der Waals surface area contributed by atoms with Crippen molar-refractivity contribution in [3.63, 3.8) is 0 Å². The molecule has 0 spiro atoms. The molecule has 0 atom stereocenters. The van der Waals surface area contributed by atoms with E-state index in [4.69, 9.17) is 5.73 Å². The summed E-state index contributed by atoms with van der Waals surface area (Å²) in [7, 11) is 0. The molecule has 1 aromatic rings. The van der Waals surface area contributed by atoms with Gasteiger partial charge in [-0.25, -0.2) is 0 Å². The highest BCUT2D eigenvalue weighted by molar-refractivity contribution is 5.76. The molecule has 0 saturated heterocycles. The molecule has 1 aromatic carbocycles. The third-order valence-electron chi connectivity index (χ3n) is 4.69. The minimum atomic E-state index is 0.141. The van der Waals surface area contributed by atoms with E-state index < -0.39 is 0 Å². The molecule has 0 bridgehead atoms. The summed E-state index contributed by atoms with van der Waals surface area (Å²) in [4.78, 5) is 11.9. The maximum absolute atomic E-state index is 11.9. The summed E-state index contributed by atoms with van der Waals surface area (Å²) in [5, 5.41) is 3.05. The van der Waals surface area contributed by atoms with Crippen molar-refractivity contribution in [3.8, 4) is 0 Å². The minimum Gasteiger partial charge on any atom is -0.399 e. The van der Waals surface area contributed by atoms with Gasteiger partial charge in [-0.15, -0.1) is 0 Å². The van der Waals surface area contributed by atoms with Crippen LogP contribution in [0.15, 0.2) is 24.3 Å². The average Bonchev–Trinajstić information content (AvgIpc) is 2.48. The zero-order valence-electron chi connectivity index (χ0n) is 13.1. The van der Waals surface area contributed by atoms with Gasteiger partial charge in [-0.3, -0.25) is 4.79 Å². The summed E-state index contributed by atoms with van der Waals surface area (Å²) in [5.74, 6) is 1.85. The van der Waals surface area contributed by atoms with Gasteiger partial charge < -0.3 is 11.1 Å². The van der Waals surface area contributed by atoms with E-state index >= 15 is 0 Å². The van der Waals surface area contributed by atoms with Crippen LogP contribution in [-0.4, -0.2) is 12.5 Å². The molecule has 1 fully saturated rings. The number of hydrogen-bond donors (Lipinski definition) is 2. The first-order valence-electron chi connectivity index (χ1n) is 8.25. The molecule has 116 valence electrons. The van der Waals surface area contributed by atoms with Crippen molar-refractivity contribution in [1.29, 1.82) is 0 Å². The monoisotopic (exact) mass is 288 g/mol. The second-order valence-corrected chi connectivity index (χ2v) is 6.46. The standard InChI is InChI=1S/C18H28N2O/c1-14-6-8-15(9-7-14)12-13-20-18(21)11-10-16-4-2-3-5-17(16)19/h2-5,14-15H,6-13,19H2,1H3,(H,20,21). The fraction of sp³-hybridized carbons (Fsp3) is 0.611. The molecule has 3 heteroatoms. The van der Waals surface area contributed by atoms with E-state index in [1.807, 2.05) is 24.3 Å². The molecular weight excluding hydrogens is 260 g/mol. The van der Waals surface area contributed by atoms with E-state index in [0.29, 0.717) is 6.42 Å². The lowest BCUT2D eigenvalue weighted by atomic mass is 9.81. The van der Waals surface area contributed by atoms with Crippen LogP contribution < -0.4 is 11.1 Å². The summed E-state index contributed by atoms with van der Waals surface area (Å²) < 4.78 is 0. The molecule has 1 saturated carbocycles. The van der Waals surface area contributed by atoms with Gasteiger partial charge in [0.15, 0.2) is 0 Å². The molecular formula is C18H28N2O. The van der Waals surface area contributed by atoms with E-state index in [2.05, 4.69) is 12.2 Å². The number of hydrogen-bond acceptors (Lipinski definition) is 2. The van der Waals surface area contributed by atoms with Gasteiger partial charge in [0.25, 0.3) is 0 Å². The lowest BCUT2D eigenvalue weighted by molar-refractivity contribution is -0.121. The molecule has 0 aromatic heterocycles. The van der Waals surface area contributed by atoms with E-state index in [0.717, 1.165) is 42.5 Å². The van der Waals surface area contributed by atoms with Crippen molar-refractivity contribution in [2.24, 2.45) is 11.8 Å². The maximum Gasteiger partial charge on any atom is 0.220 e. The van der Waals surface area contributed by atoms with Crippen LogP contribution in [0.5, 0.6) is 0 Å². The Morgan fingerprint density at radius 2 is 1.95 bits per heavy atom. The number of rotatable bonds is 6. The van der Waals surface area contributed by atoms with Gasteiger partial charge in [0.2, 0.25) is 5.91 Å². The Morgan fingerprint density at radius 1 is 1.24 bits per heavy atom. The highest BCUT2D eigenvalue weighted by Crippen LogP contribution is 2.29. The molecule has 2 rings (SSSR count). The van der Waals surface area contributed by atoms with Crippen LogP contribution in [0.25, 0.3) is 0 Å². The van der Waals surface area contributed by atoms with Gasteiger partial charge >= 0.3 is 0 Å². The molecule has 0 aliphatic heterocycles. The number of carbonyl (C=O) groups excluding carboxylic acids is 1. The average molecular weight is 288 g/mol. The first-order valence-corrected chi connectivity index (χ1v) is 8.25. The summed E-state index contributed by atoms with van der Waals surface area (Å²) >= 11 is 0. The lowest BCUT2D eigenvalue weighted by Crippen LogP contribution is -2.27. The van der Waals surface area contributed by atoms with Crippen LogP contribution in [0.4, 0.5) is 5.69 Å². The topological polar surface area (TPSA) is 55.1 Å². The number of nitrogens with two attached hydrogens (primary N) is 1. The molecule has 3 N–H and O–H groups in total. The van der Waals surface area contributed by atoms with Gasteiger partial charge in [0.05, 0.1) is 0 Å². The van der Waals surface area contributed by atoms with Crippen LogP contribution >= 0.6 is 0 Å².